The molecule has 3 rings (SSSR count). The molecule has 0 saturated heterocycles. The molecule has 0 N–H and O–H groups in total. The van der Waals surface area contributed by atoms with Gasteiger partial charge in [-0.1, -0.05) is 12.1 Å². The summed E-state index contributed by atoms with van der Waals surface area (Å²) in [5.41, 5.74) is -2.34. The van der Waals surface area contributed by atoms with Crippen molar-refractivity contribution in [1.82, 2.24) is 4.90 Å². The molecule has 0 fully saturated rings. The minimum absolute atomic E-state index is 0.244. The quantitative estimate of drug-likeness (QED) is 0.260. The molecule has 144 valence electrons. The molecule has 28 heavy (non-hydrogen) atoms. The molecular weight excluding hydrogens is 385 g/mol. The number of amides is 2. The predicted octanol–water partition coefficient (Wildman–Crippen LogP) is 2.82. The van der Waals surface area contributed by atoms with Crippen LogP contribution in [0.5, 0.6) is 5.75 Å². The third-order valence-electron chi connectivity index (χ3n) is 3.85. The summed E-state index contributed by atoms with van der Waals surface area (Å²) in [7, 11) is 0. The van der Waals surface area contributed by atoms with E-state index in [9.17, 15) is 37.7 Å². The number of alkyl halides is 3. The van der Waals surface area contributed by atoms with Gasteiger partial charge in [0.1, 0.15) is 17.9 Å². The average Bonchev–Trinajstić information content (AvgIpc) is 2.86. The minimum atomic E-state index is -4.65. The van der Waals surface area contributed by atoms with Crippen molar-refractivity contribution in [3.63, 3.8) is 0 Å². The van der Waals surface area contributed by atoms with E-state index >= 15 is 0 Å². The Bertz CT molecular complexity index is 1020. The molecule has 8 nitrogen and oxygen atoms in total. The van der Waals surface area contributed by atoms with E-state index in [0.717, 1.165) is 24.3 Å². The number of carbonyl (C=O) groups excluding carboxylic acids is 3. The van der Waals surface area contributed by atoms with E-state index in [-0.39, 0.29) is 5.56 Å². The van der Waals surface area contributed by atoms with E-state index in [4.69, 9.17) is 4.74 Å². The largest absolute Gasteiger partial charge is 0.425 e. The first-order valence-corrected chi connectivity index (χ1v) is 7.61. The monoisotopic (exact) mass is 394 g/mol. The summed E-state index contributed by atoms with van der Waals surface area (Å²) in [6.07, 6.45) is -4.65. The molecule has 0 aromatic heterocycles. The topological polar surface area (TPSA) is 107 Å². The Labute approximate surface area is 154 Å². The molecule has 0 spiro atoms. The lowest BCUT2D eigenvalue weighted by atomic mass is 10.1. The second kappa shape index (κ2) is 6.76. The van der Waals surface area contributed by atoms with Crippen LogP contribution in [0.25, 0.3) is 0 Å². The zero-order valence-electron chi connectivity index (χ0n) is 13.7. The van der Waals surface area contributed by atoms with Crippen molar-refractivity contribution in [2.24, 2.45) is 0 Å². The number of esters is 1. The van der Waals surface area contributed by atoms with Crippen LogP contribution in [-0.4, -0.2) is 34.2 Å². The smallest absolute Gasteiger partial charge is 0.416 e. The Morgan fingerprint density at radius 2 is 1.79 bits per heavy atom. The van der Waals surface area contributed by atoms with Gasteiger partial charge in [-0.2, -0.15) is 13.2 Å². The number of nitro benzene ring substituents is 1. The van der Waals surface area contributed by atoms with Gasteiger partial charge in [0.15, 0.2) is 0 Å². The predicted molar refractivity (Wildman–Crippen MR) is 85.5 cm³/mol. The van der Waals surface area contributed by atoms with Gasteiger partial charge in [-0.3, -0.25) is 24.6 Å². The van der Waals surface area contributed by atoms with Crippen LogP contribution in [0.3, 0.4) is 0 Å². The maximum absolute atomic E-state index is 12.7. The van der Waals surface area contributed by atoms with Crippen LogP contribution in [0.15, 0.2) is 42.5 Å². The Hall–Kier alpha value is -3.76. The number of benzene rings is 2. The summed E-state index contributed by atoms with van der Waals surface area (Å²) in [5, 5.41) is 11.0. The van der Waals surface area contributed by atoms with Gasteiger partial charge in [0.2, 0.25) is 0 Å². The van der Waals surface area contributed by atoms with E-state index < -0.39 is 58.0 Å². The normalized spacial score (nSPS) is 13.5. The van der Waals surface area contributed by atoms with Gasteiger partial charge in [0.05, 0.1) is 16.1 Å². The van der Waals surface area contributed by atoms with Crippen LogP contribution in [0, 0.1) is 10.1 Å². The van der Waals surface area contributed by atoms with E-state index in [1.807, 2.05) is 0 Å². The molecule has 0 aliphatic carbocycles. The van der Waals surface area contributed by atoms with Crippen LogP contribution in [0.4, 0.5) is 18.9 Å². The number of halogens is 3. The summed E-state index contributed by atoms with van der Waals surface area (Å²) < 4.78 is 42.9. The SMILES string of the molecule is O=C(CN1C(=O)c2cccc([N+](=O)[O-])c2C1=O)Oc1cccc(C(F)(F)F)c1. The number of ether oxygens (including phenoxy) is 1. The van der Waals surface area contributed by atoms with Crippen molar-refractivity contribution in [3.05, 3.63) is 69.3 Å². The lowest BCUT2D eigenvalue weighted by Gasteiger charge is -2.13. The molecule has 2 aromatic rings. The molecule has 0 atom stereocenters. The number of hydrogen-bond acceptors (Lipinski definition) is 6. The summed E-state index contributed by atoms with van der Waals surface area (Å²) in [4.78, 5) is 47.3. The maximum atomic E-state index is 12.7. The first kappa shape index (κ1) is 19.0. The number of fused-ring (bicyclic) bond motifs is 1. The molecule has 2 amide bonds. The van der Waals surface area contributed by atoms with Crippen molar-refractivity contribution < 1.29 is 37.2 Å². The zero-order chi connectivity index (χ0) is 20.6. The maximum Gasteiger partial charge on any atom is 0.416 e. The lowest BCUT2D eigenvalue weighted by Crippen LogP contribution is -2.36. The number of imide groups is 1. The van der Waals surface area contributed by atoms with Crippen molar-refractivity contribution in [1.29, 1.82) is 0 Å². The Balaban J connectivity index is 1.79. The molecule has 0 unspecified atom stereocenters. The first-order valence-electron chi connectivity index (χ1n) is 7.61. The number of nitro groups is 1. The summed E-state index contributed by atoms with van der Waals surface area (Å²) in [5.74, 6) is -3.61. The molecule has 0 bridgehead atoms. The fourth-order valence-electron chi connectivity index (χ4n) is 2.64. The molecule has 2 aromatic carbocycles. The summed E-state index contributed by atoms with van der Waals surface area (Å²) in [6, 6.07) is 6.94. The minimum Gasteiger partial charge on any atom is -0.425 e. The molecule has 11 heteroatoms. The summed E-state index contributed by atoms with van der Waals surface area (Å²) in [6.45, 7) is -0.917. The Morgan fingerprint density at radius 1 is 1.11 bits per heavy atom. The van der Waals surface area contributed by atoms with Crippen LogP contribution >= 0.6 is 0 Å². The highest BCUT2D eigenvalue weighted by atomic mass is 19.4. The van der Waals surface area contributed by atoms with Gasteiger partial charge in [-0.15, -0.1) is 0 Å². The van der Waals surface area contributed by atoms with Crippen molar-refractivity contribution in [3.8, 4) is 5.75 Å². The molecule has 0 radical (unpaired) electrons. The van der Waals surface area contributed by atoms with Crippen LogP contribution in [-0.2, 0) is 11.0 Å². The Morgan fingerprint density at radius 3 is 2.43 bits per heavy atom. The highest BCUT2D eigenvalue weighted by molar-refractivity contribution is 6.24. The van der Waals surface area contributed by atoms with Gasteiger partial charge >= 0.3 is 12.1 Å². The Kier molecular flexibility index (Phi) is 4.59. The van der Waals surface area contributed by atoms with E-state index in [1.165, 1.54) is 12.1 Å². The average molecular weight is 394 g/mol. The lowest BCUT2D eigenvalue weighted by molar-refractivity contribution is -0.385. The van der Waals surface area contributed by atoms with Gasteiger partial charge in [0, 0.05) is 6.07 Å². The second-order valence-electron chi connectivity index (χ2n) is 5.65. The molecule has 1 aliphatic rings. The number of carbonyl (C=O) groups is 3. The van der Waals surface area contributed by atoms with Gasteiger partial charge in [-0.25, -0.2) is 4.79 Å². The van der Waals surface area contributed by atoms with Gasteiger partial charge in [0.25, 0.3) is 17.5 Å². The van der Waals surface area contributed by atoms with E-state index in [0.29, 0.717) is 11.0 Å². The van der Waals surface area contributed by atoms with Crippen molar-refractivity contribution >= 4 is 23.5 Å². The van der Waals surface area contributed by atoms with Crippen molar-refractivity contribution in [2.75, 3.05) is 6.54 Å². The fraction of sp³-hybridized carbons (Fsp3) is 0.118. The number of nitrogens with zero attached hydrogens (tertiary/aromatic N) is 2. The molecule has 1 heterocycles. The van der Waals surface area contributed by atoms with Crippen LogP contribution < -0.4 is 4.74 Å². The molecule has 0 saturated carbocycles. The number of hydrogen-bond donors (Lipinski definition) is 0. The zero-order valence-corrected chi connectivity index (χ0v) is 13.7. The van der Waals surface area contributed by atoms with Crippen LogP contribution in [0.2, 0.25) is 0 Å². The van der Waals surface area contributed by atoms with Gasteiger partial charge in [-0.05, 0) is 24.3 Å². The third-order valence-corrected chi connectivity index (χ3v) is 3.85. The second-order valence-corrected chi connectivity index (χ2v) is 5.65. The highest BCUT2D eigenvalue weighted by Crippen LogP contribution is 2.32. The number of rotatable bonds is 4. The third kappa shape index (κ3) is 3.41. The first-order chi connectivity index (χ1) is 13.1. The van der Waals surface area contributed by atoms with Crippen molar-refractivity contribution in [2.45, 2.75) is 6.18 Å². The van der Waals surface area contributed by atoms with Gasteiger partial charge < -0.3 is 4.74 Å². The standard InChI is InChI=1S/C17H9F3N2O6/c18-17(19,20)9-3-1-4-10(7-9)28-13(23)8-21-15(24)11-5-2-6-12(22(26)27)14(11)16(21)25/h1-7H,8H2. The van der Waals surface area contributed by atoms with E-state index in [2.05, 4.69) is 0 Å². The fourth-order valence-corrected chi connectivity index (χ4v) is 2.64. The van der Waals surface area contributed by atoms with Crippen LogP contribution in [0.1, 0.15) is 26.3 Å². The molecule has 1 aliphatic heterocycles. The summed E-state index contributed by atoms with van der Waals surface area (Å²) >= 11 is 0. The van der Waals surface area contributed by atoms with E-state index in [1.54, 1.807) is 0 Å². The highest BCUT2D eigenvalue weighted by Gasteiger charge is 2.42. The molecular formula is C17H9F3N2O6.